The van der Waals surface area contributed by atoms with Crippen LogP contribution < -0.4 is 0 Å². The van der Waals surface area contributed by atoms with Gasteiger partial charge >= 0.3 is 12.4 Å². The van der Waals surface area contributed by atoms with Gasteiger partial charge in [-0.25, -0.2) is 0 Å². The van der Waals surface area contributed by atoms with Crippen LogP contribution in [-0.2, 0) is 0 Å². The van der Waals surface area contributed by atoms with Crippen molar-refractivity contribution in [3.8, 4) is 0 Å². The third kappa shape index (κ3) is 1.61. The Labute approximate surface area is 89.0 Å². The van der Waals surface area contributed by atoms with Crippen molar-refractivity contribution in [2.45, 2.75) is 32.1 Å². The zero-order valence-electron chi connectivity index (χ0n) is 8.57. The van der Waals surface area contributed by atoms with Gasteiger partial charge in [0, 0.05) is 0 Å². The Kier molecular flexibility index (Phi) is 2.48. The normalized spacial score (nSPS) is 44.1. The monoisotopic (exact) mass is 246 g/mol. The molecule has 0 spiro atoms. The summed E-state index contributed by atoms with van der Waals surface area (Å²) in [7, 11) is 0. The minimum atomic E-state index is -4.73. The highest BCUT2D eigenvalue weighted by atomic mass is 19.4. The van der Waals surface area contributed by atoms with Crippen LogP contribution in [0.2, 0.25) is 0 Å². The van der Waals surface area contributed by atoms with Crippen molar-refractivity contribution >= 4 is 0 Å². The lowest BCUT2D eigenvalue weighted by molar-refractivity contribution is -0.265. The fourth-order valence-corrected chi connectivity index (χ4v) is 3.67. The lowest BCUT2D eigenvalue weighted by atomic mass is 9.78. The van der Waals surface area contributed by atoms with Gasteiger partial charge in [0.1, 0.15) is 0 Å². The first-order valence-electron chi connectivity index (χ1n) is 5.27. The zero-order chi connectivity index (χ0) is 12.3. The third-order valence-corrected chi connectivity index (χ3v) is 4.25. The van der Waals surface area contributed by atoms with Crippen LogP contribution in [0.1, 0.15) is 19.8 Å². The van der Waals surface area contributed by atoms with Gasteiger partial charge in [-0.1, -0.05) is 6.92 Å². The van der Waals surface area contributed by atoms with Crippen molar-refractivity contribution in [3.05, 3.63) is 0 Å². The Bertz CT molecular complexity index is 250. The molecule has 0 aliphatic heterocycles. The van der Waals surface area contributed by atoms with Crippen LogP contribution in [0.3, 0.4) is 0 Å². The third-order valence-electron chi connectivity index (χ3n) is 4.25. The van der Waals surface area contributed by atoms with Gasteiger partial charge in [-0.15, -0.1) is 0 Å². The molecular weight excluding hydrogens is 234 g/mol. The smallest absolute Gasteiger partial charge is 0.171 e. The molecule has 2 aliphatic carbocycles. The van der Waals surface area contributed by atoms with Gasteiger partial charge in [-0.2, -0.15) is 26.3 Å². The molecule has 0 radical (unpaired) electrons. The zero-order valence-corrected chi connectivity index (χ0v) is 8.57. The summed E-state index contributed by atoms with van der Waals surface area (Å²) in [5.74, 6) is -6.49. The first-order valence-corrected chi connectivity index (χ1v) is 5.27. The topological polar surface area (TPSA) is 0 Å². The number of rotatable bonds is 0. The van der Waals surface area contributed by atoms with E-state index in [1.165, 1.54) is 6.92 Å². The van der Waals surface area contributed by atoms with Gasteiger partial charge in [0.05, 0.1) is 11.8 Å². The molecule has 0 aromatic rings. The second-order valence-corrected chi connectivity index (χ2v) is 4.90. The summed E-state index contributed by atoms with van der Waals surface area (Å²) in [5, 5.41) is 0. The molecule has 0 nitrogen and oxygen atoms in total. The highest BCUT2D eigenvalue weighted by Gasteiger charge is 2.68. The second-order valence-electron chi connectivity index (χ2n) is 4.90. The fourth-order valence-electron chi connectivity index (χ4n) is 3.67. The van der Waals surface area contributed by atoms with Crippen molar-refractivity contribution in [3.63, 3.8) is 0 Å². The van der Waals surface area contributed by atoms with Crippen LogP contribution in [0.25, 0.3) is 0 Å². The molecule has 3 unspecified atom stereocenters. The van der Waals surface area contributed by atoms with Crippen molar-refractivity contribution in [1.82, 2.24) is 0 Å². The Hall–Kier alpha value is -0.420. The molecule has 0 saturated heterocycles. The first-order chi connectivity index (χ1) is 7.14. The van der Waals surface area contributed by atoms with E-state index in [0.29, 0.717) is 0 Å². The molecule has 2 saturated carbocycles. The lowest BCUT2D eigenvalue weighted by Crippen LogP contribution is -2.42. The SMILES string of the molecule is CC1[C@H]2CC[C@@H]1C(C(F)(F)F)C2C(F)(F)F. The molecule has 2 aliphatic rings. The Balaban J connectivity index is 2.35. The molecule has 0 aromatic heterocycles. The van der Waals surface area contributed by atoms with Crippen molar-refractivity contribution in [2.75, 3.05) is 0 Å². The Morgan fingerprint density at radius 1 is 0.750 bits per heavy atom. The molecule has 2 rings (SSSR count). The largest absolute Gasteiger partial charge is 0.392 e. The van der Waals surface area contributed by atoms with E-state index in [-0.39, 0.29) is 12.8 Å². The Morgan fingerprint density at radius 3 is 1.31 bits per heavy atom. The van der Waals surface area contributed by atoms with Crippen LogP contribution in [0.4, 0.5) is 26.3 Å². The number of hydrogen-bond donors (Lipinski definition) is 0. The first kappa shape index (κ1) is 12.0. The summed E-state index contributed by atoms with van der Waals surface area (Å²) >= 11 is 0. The molecule has 0 amide bonds. The average molecular weight is 246 g/mol. The predicted molar refractivity (Wildman–Crippen MR) is 44.5 cm³/mol. The highest BCUT2D eigenvalue weighted by molar-refractivity contribution is 5.04. The van der Waals surface area contributed by atoms with E-state index in [9.17, 15) is 26.3 Å². The van der Waals surface area contributed by atoms with Crippen LogP contribution in [-0.4, -0.2) is 12.4 Å². The maximum Gasteiger partial charge on any atom is 0.392 e. The van der Waals surface area contributed by atoms with Crippen LogP contribution in [0, 0.1) is 29.6 Å². The maximum atomic E-state index is 12.7. The van der Waals surface area contributed by atoms with E-state index >= 15 is 0 Å². The van der Waals surface area contributed by atoms with Crippen molar-refractivity contribution in [1.29, 1.82) is 0 Å². The van der Waals surface area contributed by atoms with E-state index < -0.39 is 41.9 Å². The van der Waals surface area contributed by atoms with Crippen LogP contribution in [0.5, 0.6) is 0 Å². The van der Waals surface area contributed by atoms with Crippen molar-refractivity contribution in [2.24, 2.45) is 29.6 Å². The van der Waals surface area contributed by atoms with Gasteiger partial charge < -0.3 is 0 Å². The summed E-state index contributed by atoms with van der Waals surface area (Å²) in [6.07, 6.45) is -8.90. The molecule has 2 fully saturated rings. The highest BCUT2D eigenvalue weighted by Crippen LogP contribution is 2.64. The van der Waals surface area contributed by atoms with E-state index in [1.54, 1.807) is 0 Å². The molecule has 5 atom stereocenters. The number of hydrogen-bond acceptors (Lipinski definition) is 0. The van der Waals surface area contributed by atoms with Gasteiger partial charge in [0.15, 0.2) is 0 Å². The van der Waals surface area contributed by atoms with Gasteiger partial charge in [0.2, 0.25) is 0 Å². The van der Waals surface area contributed by atoms with Gasteiger partial charge in [0.25, 0.3) is 0 Å². The minimum Gasteiger partial charge on any atom is -0.171 e. The summed E-state index contributed by atoms with van der Waals surface area (Å²) in [6, 6.07) is 0. The standard InChI is InChI=1S/C10H12F6/c1-4-5-2-3-6(4)8(10(14,15)16)7(5)9(11,12)13/h4-8H,2-3H2,1H3/t4?,5-,6+,7?,8?. The molecule has 0 heterocycles. The molecule has 16 heavy (non-hydrogen) atoms. The van der Waals surface area contributed by atoms with E-state index in [2.05, 4.69) is 0 Å². The summed E-state index contributed by atoms with van der Waals surface area (Å²) in [4.78, 5) is 0. The van der Waals surface area contributed by atoms with E-state index in [0.717, 1.165) is 0 Å². The van der Waals surface area contributed by atoms with Gasteiger partial charge in [-0.3, -0.25) is 0 Å². The van der Waals surface area contributed by atoms with Crippen LogP contribution >= 0.6 is 0 Å². The number of alkyl halides is 6. The molecule has 2 bridgehead atoms. The van der Waals surface area contributed by atoms with Crippen LogP contribution in [0.15, 0.2) is 0 Å². The number of fused-ring (bicyclic) bond motifs is 2. The predicted octanol–water partition coefficient (Wildman–Crippen LogP) is 4.02. The molecular formula is C10H12F6. The molecule has 0 N–H and O–H groups in total. The second kappa shape index (κ2) is 3.29. The average Bonchev–Trinajstić information content (AvgIpc) is 2.56. The van der Waals surface area contributed by atoms with Crippen molar-refractivity contribution < 1.29 is 26.3 Å². The quantitative estimate of drug-likeness (QED) is 0.566. The summed E-state index contributed by atoms with van der Waals surface area (Å²) < 4.78 is 76.0. The molecule has 0 aromatic carbocycles. The Morgan fingerprint density at radius 2 is 1.06 bits per heavy atom. The summed E-state index contributed by atoms with van der Waals surface area (Å²) in [6.45, 7) is 1.52. The van der Waals surface area contributed by atoms with E-state index in [4.69, 9.17) is 0 Å². The maximum absolute atomic E-state index is 12.7. The summed E-state index contributed by atoms with van der Waals surface area (Å²) in [5.41, 5.74) is 0. The number of halogens is 6. The minimum absolute atomic E-state index is 0.280. The molecule has 6 heteroatoms. The lowest BCUT2D eigenvalue weighted by Gasteiger charge is -2.33. The van der Waals surface area contributed by atoms with Gasteiger partial charge in [-0.05, 0) is 30.6 Å². The van der Waals surface area contributed by atoms with E-state index in [1.807, 2.05) is 0 Å². The fraction of sp³-hybridized carbons (Fsp3) is 1.00. The molecule has 94 valence electrons.